The van der Waals surface area contributed by atoms with Crippen LogP contribution in [0.5, 0.6) is 0 Å². The van der Waals surface area contributed by atoms with Crippen molar-refractivity contribution in [2.75, 3.05) is 26.7 Å². The highest BCUT2D eigenvalue weighted by atomic mass is 32.2. The van der Waals surface area contributed by atoms with Gasteiger partial charge in [0.1, 0.15) is 0 Å². The van der Waals surface area contributed by atoms with E-state index in [9.17, 15) is 12.8 Å². The first-order chi connectivity index (χ1) is 8.93. The second-order valence-electron chi connectivity index (χ2n) is 4.87. The molecule has 5 nitrogen and oxygen atoms in total. The summed E-state index contributed by atoms with van der Waals surface area (Å²) in [4.78, 5) is 5.77. The van der Waals surface area contributed by atoms with Gasteiger partial charge in [0.15, 0.2) is 5.82 Å². The number of sulfonamides is 1. The summed E-state index contributed by atoms with van der Waals surface area (Å²) in [5, 5.41) is -0.480. The van der Waals surface area contributed by atoms with Crippen LogP contribution in [0, 0.1) is 5.82 Å². The molecule has 0 N–H and O–H groups in total. The van der Waals surface area contributed by atoms with Crippen LogP contribution in [0.15, 0.2) is 23.4 Å². The van der Waals surface area contributed by atoms with Crippen molar-refractivity contribution in [2.24, 2.45) is 0 Å². The van der Waals surface area contributed by atoms with Gasteiger partial charge in [0.25, 0.3) is 10.0 Å². The van der Waals surface area contributed by atoms with Crippen molar-refractivity contribution in [1.29, 1.82) is 0 Å². The van der Waals surface area contributed by atoms with Gasteiger partial charge in [-0.15, -0.1) is 0 Å². The first kappa shape index (κ1) is 14.4. The topological polar surface area (TPSA) is 53.5 Å². The predicted octanol–water partition coefficient (Wildman–Crippen LogP) is 0.935. The van der Waals surface area contributed by atoms with Gasteiger partial charge in [-0.25, -0.2) is 17.8 Å². The minimum atomic E-state index is -3.87. The van der Waals surface area contributed by atoms with Gasteiger partial charge in [-0.1, -0.05) is 0 Å². The van der Waals surface area contributed by atoms with E-state index in [-0.39, 0.29) is 6.04 Å². The van der Waals surface area contributed by atoms with Gasteiger partial charge in [-0.2, -0.15) is 4.31 Å². The Kier molecular flexibility index (Phi) is 4.17. The summed E-state index contributed by atoms with van der Waals surface area (Å²) >= 11 is 0. The summed E-state index contributed by atoms with van der Waals surface area (Å²) in [5.41, 5.74) is 0. The lowest BCUT2D eigenvalue weighted by atomic mass is 10.3. The Morgan fingerprint density at radius 2 is 2.16 bits per heavy atom. The lowest BCUT2D eigenvalue weighted by Crippen LogP contribution is -2.42. The number of rotatable bonds is 2. The third kappa shape index (κ3) is 2.93. The fourth-order valence-corrected chi connectivity index (χ4v) is 4.02. The summed E-state index contributed by atoms with van der Waals surface area (Å²) in [5.74, 6) is -0.799. The highest BCUT2D eigenvalue weighted by Crippen LogP contribution is 2.21. The molecule has 2 heterocycles. The van der Waals surface area contributed by atoms with Crippen LogP contribution in [0.25, 0.3) is 0 Å². The predicted molar refractivity (Wildman–Crippen MR) is 69.7 cm³/mol. The molecule has 0 spiro atoms. The van der Waals surface area contributed by atoms with Crippen LogP contribution in [0.4, 0.5) is 4.39 Å². The minimum Gasteiger partial charge on any atom is -0.305 e. The van der Waals surface area contributed by atoms with Crippen molar-refractivity contribution in [3.63, 3.8) is 0 Å². The zero-order valence-corrected chi connectivity index (χ0v) is 11.9. The molecule has 0 aliphatic carbocycles. The molecule has 1 aliphatic heterocycles. The average molecular weight is 287 g/mol. The number of nitrogens with zero attached hydrogens (tertiary/aromatic N) is 3. The maximum atomic E-state index is 13.7. The fraction of sp³-hybridized carbons (Fsp3) is 0.583. The summed E-state index contributed by atoms with van der Waals surface area (Å²) in [6, 6.07) is 2.31. The molecule has 19 heavy (non-hydrogen) atoms. The van der Waals surface area contributed by atoms with E-state index in [0.717, 1.165) is 19.0 Å². The third-order valence-corrected chi connectivity index (χ3v) is 5.21. The van der Waals surface area contributed by atoms with Crippen molar-refractivity contribution < 1.29 is 12.8 Å². The molecule has 0 saturated carbocycles. The van der Waals surface area contributed by atoms with Crippen molar-refractivity contribution >= 4 is 10.0 Å². The second kappa shape index (κ2) is 5.52. The molecular weight excluding hydrogens is 269 g/mol. The smallest absolute Gasteiger partial charge is 0.263 e. The molecule has 1 saturated heterocycles. The molecule has 0 bridgehead atoms. The Hall–Kier alpha value is -1.05. The average Bonchev–Trinajstić information content (AvgIpc) is 2.50. The first-order valence-electron chi connectivity index (χ1n) is 6.24. The molecule has 0 amide bonds. The molecule has 1 aromatic heterocycles. The van der Waals surface area contributed by atoms with Crippen molar-refractivity contribution in [3.05, 3.63) is 24.1 Å². The summed E-state index contributed by atoms with van der Waals surface area (Å²) in [6.07, 6.45) is 2.03. The zero-order valence-electron chi connectivity index (χ0n) is 11.1. The Morgan fingerprint density at radius 3 is 2.84 bits per heavy atom. The summed E-state index contributed by atoms with van der Waals surface area (Å²) in [6.45, 7) is 3.69. The van der Waals surface area contributed by atoms with Crippen LogP contribution >= 0.6 is 0 Å². The van der Waals surface area contributed by atoms with Crippen LogP contribution in [0.1, 0.15) is 13.3 Å². The lowest BCUT2D eigenvalue weighted by molar-refractivity contribution is 0.289. The molecule has 1 aromatic rings. The van der Waals surface area contributed by atoms with Crippen LogP contribution < -0.4 is 0 Å². The zero-order chi connectivity index (χ0) is 14.0. The van der Waals surface area contributed by atoms with E-state index in [4.69, 9.17) is 0 Å². The highest BCUT2D eigenvalue weighted by molar-refractivity contribution is 7.89. The van der Waals surface area contributed by atoms with E-state index in [1.165, 1.54) is 16.6 Å². The van der Waals surface area contributed by atoms with E-state index >= 15 is 0 Å². The Morgan fingerprint density at radius 1 is 1.42 bits per heavy atom. The van der Waals surface area contributed by atoms with E-state index in [2.05, 4.69) is 9.88 Å². The van der Waals surface area contributed by atoms with Gasteiger partial charge >= 0.3 is 0 Å². The molecule has 1 aliphatic rings. The monoisotopic (exact) mass is 287 g/mol. The van der Waals surface area contributed by atoms with Crippen LogP contribution in [-0.2, 0) is 10.0 Å². The molecule has 106 valence electrons. The molecule has 1 unspecified atom stereocenters. The molecular formula is C12H18FN3O2S. The third-order valence-electron chi connectivity index (χ3n) is 3.26. The summed E-state index contributed by atoms with van der Waals surface area (Å²) in [7, 11) is -1.92. The normalized spacial score (nSPS) is 23.2. The molecule has 2 rings (SSSR count). The largest absolute Gasteiger partial charge is 0.305 e. The van der Waals surface area contributed by atoms with Crippen LogP contribution in [-0.4, -0.2) is 55.3 Å². The molecule has 0 radical (unpaired) electrons. The van der Waals surface area contributed by atoms with Crippen LogP contribution in [0.2, 0.25) is 0 Å². The van der Waals surface area contributed by atoms with Gasteiger partial charge in [0, 0.05) is 25.3 Å². The Bertz CT molecular complexity index is 550. The number of pyridine rings is 1. The van der Waals surface area contributed by atoms with Gasteiger partial charge in [-0.05, 0) is 39.1 Å². The molecule has 0 aromatic carbocycles. The Labute approximate surface area is 113 Å². The van der Waals surface area contributed by atoms with Gasteiger partial charge in [0.2, 0.25) is 5.03 Å². The van der Waals surface area contributed by atoms with E-state index in [1.807, 2.05) is 14.0 Å². The summed E-state index contributed by atoms with van der Waals surface area (Å²) < 4.78 is 40.0. The standard InChI is InChI=1S/C12H18FN3O2S/c1-10-9-15(2)7-4-8-16(10)19(17,18)12-11(13)5-3-6-14-12/h3,5-6,10H,4,7-9H2,1-2H3. The number of aromatic nitrogens is 1. The number of halogens is 1. The second-order valence-corrected chi connectivity index (χ2v) is 6.68. The van der Waals surface area contributed by atoms with E-state index in [1.54, 1.807) is 0 Å². The van der Waals surface area contributed by atoms with Crippen molar-refractivity contribution in [1.82, 2.24) is 14.2 Å². The van der Waals surface area contributed by atoms with Gasteiger partial charge < -0.3 is 4.90 Å². The number of hydrogen-bond acceptors (Lipinski definition) is 4. The van der Waals surface area contributed by atoms with E-state index in [0.29, 0.717) is 13.1 Å². The Balaban J connectivity index is 2.36. The maximum absolute atomic E-state index is 13.7. The lowest BCUT2D eigenvalue weighted by Gasteiger charge is -2.26. The first-order valence-corrected chi connectivity index (χ1v) is 7.68. The molecule has 1 atom stereocenters. The van der Waals surface area contributed by atoms with Crippen molar-refractivity contribution in [2.45, 2.75) is 24.4 Å². The molecule has 1 fully saturated rings. The fourth-order valence-electron chi connectivity index (χ4n) is 2.38. The quantitative estimate of drug-likeness (QED) is 0.812. The number of likely N-dealkylation sites (N-methyl/N-ethyl adjacent to an activating group) is 1. The van der Waals surface area contributed by atoms with Crippen LogP contribution in [0.3, 0.4) is 0 Å². The van der Waals surface area contributed by atoms with Gasteiger partial charge in [0.05, 0.1) is 0 Å². The maximum Gasteiger partial charge on any atom is 0.263 e. The van der Waals surface area contributed by atoms with Crippen molar-refractivity contribution in [3.8, 4) is 0 Å². The highest BCUT2D eigenvalue weighted by Gasteiger charge is 2.33. The minimum absolute atomic E-state index is 0.195. The number of hydrogen-bond donors (Lipinski definition) is 0. The molecule has 7 heteroatoms. The van der Waals surface area contributed by atoms with Gasteiger partial charge in [-0.3, -0.25) is 0 Å². The van der Waals surface area contributed by atoms with E-state index < -0.39 is 20.9 Å². The SMILES string of the molecule is CC1CN(C)CCCN1S(=O)(=O)c1ncccc1F.